The number of carbonyl (C=O) groups is 1. The first kappa shape index (κ1) is 15.9. The number of amides is 1. The lowest BCUT2D eigenvalue weighted by molar-refractivity contribution is -0.384. The van der Waals surface area contributed by atoms with E-state index in [0.717, 1.165) is 15.6 Å². The van der Waals surface area contributed by atoms with Crippen molar-refractivity contribution in [3.8, 4) is 5.75 Å². The quantitative estimate of drug-likeness (QED) is 0.558. The summed E-state index contributed by atoms with van der Waals surface area (Å²) in [6, 6.07) is 11.5. The highest BCUT2D eigenvalue weighted by Crippen LogP contribution is 2.30. The molecule has 7 heteroatoms. The molecular weight excluding hydrogens is 328 g/mol. The van der Waals surface area contributed by atoms with Gasteiger partial charge in [0, 0.05) is 28.9 Å². The molecule has 122 valence electrons. The monoisotopic (exact) mass is 342 g/mol. The van der Waals surface area contributed by atoms with Crippen molar-refractivity contribution in [3.63, 3.8) is 0 Å². The minimum absolute atomic E-state index is 0.0139. The Kier molecular flexibility index (Phi) is 4.18. The molecule has 1 amide bonds. The first-order chi connectivity index (χ1) is 11.5. The Balaban J connectivity index is 1.81. The van der Waals surface area contributed by atoms with Crippen LogP contribution in [0.2, 0.25) is 0 Å². The van der Waals surface area contributed by atoms with Gasteiger partial charge in [0.1, 0.15) is 5.75 Å². The Bertz CT molecular complexity index is 949. The molecule has 0 radical (unpaired) electrons. The van der Waals surface area contributed by atoms with E-state index in [0.29, 0.717) is 10.4 Å². The molecule has 0 atom stereocenters. The van der Waals surface area contributed by atoms with Gasteiger partial charge in [0.25, 0.3) is 11.6 Å². The lowest BCUT2D eigenvalue weighted by Gasteiger charge is -2.07. The summed E-state index contributed by atoms with van der Waals surface area (Å²) in [6.07, 6.45) is 0. The van der Waals surface area contributed by atoms with Gasteiger partial charge in [0.2, 0.25) is 0 Å². The van der Waals surface area contributed by atoms with Gasteiger partial charge in [-0.1, -0.05) is 18.2 Å². The Morgan fingerprint density at radius 1 is 1.29 bits per heavy atom. The zero-order chi connectivity index (χ0) is 17.3. The summed E-state index contributed by atoms with van der Waals surface area (Å²) >= 11 is 1.40. The van der Waals surface area contributed by atoms with E-state index in [1.165, 1.54) is 29.5 Å². The van der Waals surface area contributed by atoms with Crippen molar-refractivity contribution in [2.24, 2.45) is 0 Å². The third-order valence-corrected chi connectivity index (χ3v) is 5.03. The normalized spacial score (nSPS) is 10.7. The molecular formula is C17H14N2O4S. The predicted molar refractivity (Wildman–Crippen MR) is 92.5 cm³/mol. The number of hydrogen-bond acceptors (Lipinski definition) is 5. The molecule has 0 fully saturated rings. The second-order valence-corrected chi connectivity index (χ2v) is 6.36. The Morgan fingerprint density at radius 3 is 2.75 bits per heavy atom. The van der Waals surface area contributed by atoms with E-state index in [9.17, 15) is 20.0 Å². The third-order valence-electron chi connectivity index (χ3n) is 3.76. The van der Waals surface area contributed by atoms with Crippen LogP contribution in [0, 0.1) is 17.0 Å². The van der Waals surface area contributed by atoms with Crippen LogP contribution in [0.15, 0.2) is 42.5 Å². The molecule has 1 heterocycles. The molecule has 0 spiro atoms. The van der Waals surface area contributed by atoms with Crippen LogP contribution in [0.25, 0.3) is 10.1 Å². The molecule has 3 aromatic rings. The first-order valence-electron chi connectivity index (χ1n) is 7.20. The average molecular weight is 342 g/mol. The summed E-state index contributed by atoms with van der Waals surface area (Å²) in [7, 11) is 0. The number of thiophene rings is 1. The Labute approximate surface area is 141 Å². The average Bonchev–Trinajstić information content (AvgIpc) is 2.91. The van der Waals surface area contributed by atoms with Gasteiger partial charge in [-0.2, -0.15) is 0 Å². The predicted octanol–water partition coefficient (Wildman–Crippen LogP) is 3.75. The van der Waals surface area contributed by atoms with Gasteiger partial charge in [0.15, 0.2) is 0 Å². The van der Waals surface area contributed by atoms with Crippen LogP contribution in [0.3, 0.4) is 0 Å². The molecule has 0 aliphatic carbocycles. The van der Waals surface area contributed by atoms with Crippen LogP contribution < -0.4 is 5.32 Å². The smallest absolute Gasteiger partial charge is 0.270 e. The van der Waals surface area contributed by atoms with E-state index in [1.807, 2.05) is 31.2 Å². The highest BCUT2D eigenvalue weighted by Gasteiger charge is 2.16. The molecule has 0 saturated carbocycles. The van der Waals surface area contributed by atoms with Crippen molar-refractivity contribution in [2.75, 3.05) is 0 Å². The molecule has 0 aliphatic rings. The van der Waals surface area contributed by atoms with Gasteiger partial charge in [-0.25, -0.2) is 0 Å². The van der Waals surface area contributed by atoms with Gasteiger partial charge in [0.05, 0.1) is 9.80 Å². The molecule has 3 rings (SSSR count). The number of rotatable bonds is 4. The number of phenols is 1. The molecule has 2 aromatic carbocycles. The zero-order valence-electron chi connectivity index (χ0n) is 12.8. The van der Waals surface area contributed by atoms with E-state index in [2.05, 4.69) is 5.32 Å². The summed E-state index contributed by atoms with van der Waals surface area (Å²) in [5.41, 5.74) is 1.07. The number of nitrogens with zero attached hydrogens (tertiary/aromatic N) is 1. The second-order valence-electron chi connectivity index (χ2n) is 5.31. The molecule has 0 saturated heterocycles. The van der Waals surface area contributed by atoms with E-state index in [4.69, 9.17) is 0 Å². The first-order valence-corrected chi connectivity index (χ1v) is 8.01. The van der Waals surface area contributed by atoms with E-state index in [-0.39, 0.29) is 23.9 Å². The number of nitro groups is 1. The third kappa shape index (κ3) is 2.93. The van der Waals surface area contributed by atoms with E-state index in [1.54, 1.807) is 0 Å². The van der Waals surface area contributed by atoms with Gasteiger partial charge in [-0.05, 0) is 30.0 Å². The fourth-order valence-electron chi connectivity index (χ4n) is 2.47. The summed E-state index contributed by atoms with van der Waals surface area (Å²) in [5, 5.41) is 24.4. The van der Waals surface area contributed by atoms with Crippen LogP contribution in [-0.2, 0) is 6.54 Å². The van der Waals surface area contributed by atoms with Crippen LogP contribution in [0.4, 0.5) is 5.69 Å². The van der Waals surface area contributed by atoms with Crippen LogP contribution in [-0.4, -0.2) is 15.9 Å². The van der Waals surface area contributed by atoms with Gasteiger partial charge < -0.3 is 10.4 Å². The maximum Gasteiger partial charge on any atom is 0.270 e. The number of nitrogens with one attached hydrogen (secondary N) is 1. The minimum Gasteiger partial charge on any atom is -0.508 e. The van der Waals surface area contributed by atoms with E-state index < -0.39 is 4.92 Å². The van der Waals surface area contributed by atoms with Crippen molar-refractivity contribution in [2.45, 2.75) is 13.5 Å². The van der Waals surface area contributed by atoms with Gasteiger partial charge in [-0.15, -0.1) is 11.3 Å². The number of aromatic hydroxyl groups is 1. The Hall–Kier alpha value is -2.93. The number of carbonyl (C=O) groups excluding carboxylic acids is 1. The maximum absolute atomic E-state index is 12.4. The summed E-state index contributed by atoms with van der Waals surface area (Å²) in [4.78, 5) is 23.3. The molecule has 6 nitrogen and oxygen atoms in total. The number of fused-ring (bicyclic) bond motifs is 1. The maximum atomic E-state index is 12.4. The number of nitro benzene ring substituents is 1. The lowest BCUT2D eigenvalue weighted by atomic mass is 10.1. The highest BCUT2D eigenvalue weighted by atomic mass is 32.1. The Morgan fingerprint density at radius 2 is 2.04 bits per heavy atom. The molecule has 0 aliphatic heterocycles. The standard InChI is InChI=1S/C17H14N2O4S/c1-10-13-4-2-3-5-15(13)24-16(10)17(21)18-9-11-8-12(19(22)23)6-7-14(11)20/h2-8,20H,9H2,1H3,(H,18,21). The topological polar surface area (TPSA) is 92.5 Å². The lowest BCUT2D eigenvalue weighted by Crippen LogP contribution is -2.22. The van der Waals surface area contributed by atoms with Crippen molar-refractivity contribution in [3.05, 3.63) is 68.6 Å². The molecule has 24 heavy (non-hydrogen) atoms. The molecule has 2 N–H and O–H groups in total. The molecule has 1 aromatic heterocycles. The SMILES string of the molecule is Cc1c(C(=O)NCc2cc([N+](=O)[O-])ccc2O)sc2ccccc12. The van der Waals surface area contributed by atoms with Crippen LogP contribution >= 0.6 is 11.3 Å². The van der Waals surface area contributed by atoms with Crippen LogP contribution in [0.1, 0.15) is 20.8 Å². The number of phenolic OH excluding ortho intramolecular Hbond substituents is 1. The minimum atomic E-state index is -0.541. The fourth-order valence-corrected chi connectivity index (χ4v) is 3.60. The fraction of sp³-hybridized carbons (Fsp3) is 0.118. The number of hydrogen-bond donors (Lipinski definition) is 2. The van der Waals surface area contributed by atoms with Crippen LogP contribution in [0.5, 0.6) is 5.75 Å². The molecule has 0 unspecified atom stereocenters. The summed E-state index contributed by atoms with van der Waals surface area (Å²) in [6.45, 7) is 1.90. The van der Waals surface area contributed by atoms with Gasteiger partial charge >= 0.3 is 0 Å². The second kappa shape index (κ2) is 6.29. The van der Waals surface area contributed by atoms with Crippen molar-refractivity contribution < 1.29 is 14.8 Å². The number of benzene rings is 2. The summed E-state index contributed by atoms with van der Waals surface area (Å²) < 4.78 is 1.03. The van der Waals surface area contributed by atoms with Crippen molar-refractivity contribution >= 4 is 33.0 Å². The number of aryl methyl sites for hydroxylation is 1. The number of non-ortho nitro benzene ring substituents is 1. The van der Waals surface area contributed by atoms with Gasteiger partial charge in [-0.3, -0.25) is 14.9 Å². The van der Waals surface area contributed by atoms with Crippen molar-refractivity contribution in [1.82, 2.24) is 5.32 Å². The highest BCUT2D eigenvalue weighted by molar-refractivity contribution is 7.21. The van der Waals surface area contributed by atoms with Crippen molar-refractivity contribution in [1.29, 1.82) is 0 Å². The largest absolute Gasteiger partial charge is 0.508 e. The molecule has 0 bridgehead atoms. The summed E-state index contributed by atoms with van der Waals surface area (Å²) in [5.74, 6) is -0.353. The van der Waals surface area contributed by atoms with E-state index >= 15 is 0 Å². The zero-order valence-corrected chi connectivity index (χ0v) is 13.6.